The lowest BCUT2D eigenvalue weighted by Crippen LogP contribution is -2.28. The monoisotopic (exact) mass is 318 g/mol. The molecule has 0 saturated carbocycles. The van der Waals surface area contributed by atoms with Gasteiger partial charge >= 0.3 is 6.01 Å². The minimum atomic E-state index is -3.26. The number of aromatic nitrogens is 3. The normalized spacial score (nSPS) is 11.8. The second kappa shape index (κ2) is 7.36. The van der Waals surface area contributed by atoms with Crippen molar-refractivity contribution in [1.82, 2.24) is 19.3 Å². The van der Waals surface area contributed by atoms with Crippen LogP contribution in [0.2, 0.25) is 0 Å². The Kier molecular flexibility index (Phi) is 6.09. The van der Waals surface area contributed by atoms with Crippen molar-refractivity contribution in [3.8, 4) is 6.01 Å². The Morgan fingerprint density at radius 2 is 1.81 bits per heavy atom. The third-order valence-electron chi connectivity index (χ3n) is 2.38. The molecule has 0 spiro atoms. The van der Waals surface area contributed by atoms with E-state index in [1.54, 1.807) is 7.05 Å². The molecule has 9 nitrogen and oxygen atoms in total. The zero-order valence-corrected chi connectivity index (χ0v) is 13.7. The van der Waals surface area contributed by atoms with Gasteiger partial charge in [-0.25, -0.2) is 12.7 Å². The number of hydrogen-bond donors (Lipinski definition) is 2. The first-order chi connectivity index (χ1) is 9.74. The van der Waals surface area contributed by atoms with Crippen LogP contribution in [0.3, 0.4) is 0 Å². The third kappa shape index (κ3) is 5.68. The Labute approximate surface area is 125 Å². The SMILES string of the molecule is CNc1nc(NCCS(=O)(=O)N(C)C)nc(OC(C)C)n1. The van der Waals surface area contributed by atoms with Crippen LogP contribution in [0.1, 0.15) is 13.8 Å². The van der Waals surface area contributed by atoms with Crippen LogP contribution in [0.4, 0.5) is 11.9 Å². The molecule has 1 aromatic heterocycles. The topological polar surface area (TPSA) is 109 Å². The smallest absolute Gasteiger partial charge is 0.323 e. The van der Waals surface area contributed by atoms with E-state index in [9.17, 15) is 8.42 Å². The summed E-state index contributed by atoms with van der Waals surface area (Å²) in [5, 5.41) is 5.65. The van der Waals surface area contributed by atoms with Crippen LogP contribution in [0, 0.1) is 0 Å². The molecular weight excluding hydrogens is 296 g/mol. The highest BCUT2D eigenvalue weighted by atomic mass is 32.2. The van der Waals surface area contributed by atoms with E-state index in [1.165, 1.54) is 18.4 Å². The molecule has 0 aliphatic heterocycles. The number of rotatable bonds is 8. The quantitative estimate of drug-likeness (QED) is 0.689. The number of hydrogen-bond acceptors (Lipinski definition) is 8. The van der Waals surface area contributed by atoms with Gasteiger partial charge in [-0.2, -0.15) is 15.0 Å². The summed E-state index contributed by atoms with van der Waals surface area (Å²) in [6, 6.07) is 0.183. The van der Waals surface area contributed by atoms with E-state index in [4.69, 9.17) is 4.74 Å². The fraction of sp³-hybridized carbons (Fsp3) is 0.727. The number of nitrogens with zero attached hydrogens (tertiary/aromatic N) is 4. The Morgan fingerprint density at radius 1 is 1.19 bits per heavy atom. The molecule has 0 fully saturated rings. The summed E-state index contributed by atoms with van der Waals surface area (Å²) in [5.74, 6) is 0.554. The number of ether oxygens (including phenoxy) is 1. The van der Waals surface area contributed by atoms with Crippen molar-refractivity contribution in [2.24, 2.45) is 0 Å². The second-order valence-electron chi connectivity index (χ2n) is 4.71. The van der Waals surface area contributed by atoms with Crippen LogP contribution in [0.25, 0.3) is 0 Å². The molecule has 2 N–H and O–H groups in total. The first-order valence-electron chi connectivity index (χ1n) is 6.49. The number of sulfonamides is 1. The van der Waals surface area contributed by atoms with Gasteiger partial charge in [-0.3, -0.25) is 0 Å². The van der Waals surface area contributed by atoms with Gasteiger partial charge in [0.05, 0.1) is 11.9 Å². The zero-order valence-electron chi connectivity index (χ0n) is 12.9. The maximum Gasteiger partial charge on any atom is 0.323 e. The van der Waals surface area contributed by atoms with Crippen LogP contribution in [0.5, 0.6) is 6.01 Å². The molecule has 0 saturated heterocycles. The van der Waals surface area contributed by atoms with Gasteiger partial charge in [-0.1, -0.05) is 0 Å². The lowest BCUT2D eigenvalue weighted by Gasteiger charge is -2.13. The van der Waals surface area contributed by atoms with E-state index >= 15 is 0 Å². The molecule has 21 heavy (non-hydrogen) atoms. The van der Waals surface area contributed by atoms with Crippen molar-refractivity contribution in [1.29, 1.82) is 0 Å². The molecule has 0 aromatic carbocycles. The fourth-order valence-corrected chi connectivity index (χ4v) is 2.01. The predicted octanol–water partition coefficient (Wildman–Crippen LogP) is 0.00380. The van der Waals surface area contributed by atoms with Crippen molar-refractivity contribution in [2.45, 2.75) is 20.0 Å². The van der Waals surface area contributed by atoms with Crippen LogP contribution in [-0.2, 0) is 10.0 Å². The number of anilines is 2. The Morgan fingerprint density at radius 3 is 2.33 bits per heavy atom. The molecule has 120 valence electrons. The van der Waals surface area contributed by atoms with Gasteiger partial charge in [0, 0.05) is 27.7 Å². The van der Waals surface area contributed by atoms with Gasteiger partial charge < -0.3 is 15.4 Å². The lowest BCUT2D eigenvalue weighted by molar-refractivity contribution is 0.222. The Bertz CT molecular complexity index is 561. The first-order valence-corrected chi connectivity index (χ1v) is 8.10. The average molecular weight is 318 g/mol. The van der Waals surface area contributed by atoms with Crippen LogP contribution < -0.4 is 15.4 Å². The summed E-state index contributed by atoms with van der Waals surface area (Å²) >= 11 is 0. The molecule has 1 aromatic rings. The van der Waals surface area contributed by atoms with Crippen LogP contribution >= 0.6 is 0 Å². The van der Waals surface area contributed by atoms with E-state index in [0.717, 1.165) is 0 Å². The van der Waals surface area contributed by atoms with Gasteiger partial charge in [0.2, 0.25) is 21.9 Å². The van der Waals surface area contributed by atoms with Crippen molar-refractivity contribution in [3.05, 3.63) is 0 Å². The largest absolute Gasteiger partial charge is 0.461 e. The number of nitrogens with one attached hydrogen (secondary N) is 2. The van der Waals surface area contributed by atoms with E-state index in [1.807, 2.05) is 13.8 Å². The van der Waals surface area contributed by atoms with Crippen molar-refractivity contribution < 1.29 is 13.2 Å². The molecule has 0 radical (unpaired) electrons. The highest BCUT2D eigenvalue weighted by Crippen LogP contribution is 2.12. The Hall–Kier alpha value is -1.68. The highest BCUT2D eigenvalue weighted by Gasteiger charge is 2.14. The van der Waals surface area contributed by atoms with Crippen molar-refractivity contribution in [2.75, 3.05) is 44.1 Å². The first kappa shape index (κ1) is 17.4. The molecule has 0 amide bonds. The molecule has 0 unspecified atom stereocenters. The standard InChI is InChI=1S/C11H22N6O3S/c1-8(2)20-11-15-9(12-3)14-10(16-11)13-6-7-21(18,19)17(4)5/h8H,6-7H2,1-5H3,(H2,12,13,14,15,16). The molecule has 1 rings (SSSR count). The molecular formula is C11H22N6O3S. The van der Waals surface area contributed by atoms with Crippen molar-refractivity contribution in [3.63, 3.8) is 0 Å². The summed E-state index contributed by atoms with van der Waals surface area (Å²) in [6.45, 7) is 3.91. The molecule has 1 heterocycles. The molecule has 0 aliphatic carbocycles. The van der Waals surface area contributed by atoms with Crippen molar-refractivity contribution >= 4 is 21.9 Å². The van der Waals surface area contributed by atoms with Crippen LogP contribution in [-0.4, -0.2) is 67.2 Å². The summed E-state index contributed by atoms with van der Waals surface area (Å²) in [6.07, 6.45) is -0.0703. The van der Waals surface area contributed by atoms with Gasteiger partial charge in [0.1, 0.15) is 0 Å². The summed E-state index contributed by atoms with van der Waals surface area (Å²) in [5.41, 5.74) is 0. The predicted molar refractivity (Wildman–Crippen MR) is 81.1 cm³/mol. The maximum absolute atomic E-state index is 11.7. The summed E-state index contributed by atoms with van der Waals surface area (Å²) in [4.78, 5) is 12.2. The molecule has 10 heteroatoms. The minimum Gasteiger partial charge on any atom is -0.461 e. The average Bonchev–Trinajstić information content (AvgIpc) is 2.37. The van der Waals surface area contributed by atoms with Gasteiger partial charge in [-0.15, -0.1) is 0 Å². The van der Waals surface area contributed by atoms with E-state index in [-0.39, 0.29) is 30.4 Å². The third-order valence-corrected chi connectivity index (χ3v) is 4.21. The van der Waals surface area contributed by atoms with Gasteiger partial charge in [-0.05, 0) is 13.8 Å². The van der Waals surface area contributed by atoms with Gasteiger partial charge in [0.25, 0.3) is 0 Å². The Balaban J connectivity index is 2.74. The van der Waals surface area contributed by atoms with Gasteiger partial charge in [0.15, 0.2) is 0 Å². The summed E-state index contributed by atoms with van der Waals surface area (Å²) in [7, 11) is 1.40. The van der Waals surface area contributed by atoms with E-state index < -0.39 is 10.0 Å². The zero-order chi connectivity index (χ0) is 16.0. The highest BCUT2D eigenvalue weighted by molar-refractivity contribution is 7.89. The molecule has 0 atom stereocenters. The van der Waals surface area contributed by atoms with Crippen LogP contribution in [0.15, 0.2) is 0 Å². The summed E-state index contributed by atoms with van der Waals surface area (Å²) < 4.78 is 29.9. The maximum atomic E-state index is 11.7. The minimum absolute atomic E-state index is 0.0546. The molecule has 0 bridgehead atoms. The second-order valence-corrected chi connectivity index (χ2v) is 7.01. The molecule has 0 aliphatic rings. The fourth-order valence-electron chi connectivity index (χ4n) is 1.29. The lowest BCUT2D eigenvalue weighted by atomic mass is 10.5. The van der Waals surface area contributed by atoms with E-state index in [2.05, 4.69) is 25.6 Å². The van der Waals surface area contributed by atoms with E-state index in [0.29, 0.717) is 5.95 Å².